The normalized spacial score (nSPS) is 26.7. The topological polar surface area (TPSA) is 51.1 Å². The smallest absolute Gasteiger partial charge is 0.160 e. The average Bonchev–Trinajstić information content (AvgIpc) is 3.36. The molecule has 0 aromatic carbocycles. The van der Waals surface area contributed by atoms with E-state index in [9.17, 15) is 0 Å². The van der Waals surface area contributed by atoms with Gasteiger partial charge in [-0.3, -0.25) is 4.98 Å². The van der Waals surface area contributed by atoms with E-state index in [1.807, 2.05) is 24.5 Å². The van der Waals surface area contributed by atoms with E-state index in [0.717, 1.165) is 49.0 Å². The maximum absolute atomic E-state index is 5.93. The number of pyridine rings is 1. The van der Waals surface area contributed by atoms with Gasteiger partial charge in [-0.05, 0) is 43.9 Å². The first kappa shape index (κ1) is 14.5. The van der Waals surface area contributed by atoms with Crippen molar-refractivity contribution in [3.05, 3.63) is 42.0 Å². The Balaban J connectivity index is 1.49. The van der Waals surface area contributed by atoms with Crippen LogP contribution < -0.4 is 0 Å². The van der Waals surface area contributed by atoms with Crippen molar-refractivity contribution in [1.82, 2.24) is 19.9 Å². The van der Waals surface area contributed by atoms with E-state index in [1.54, 1.807) is 6.20 Å². The Morgan fingerprint density at radius 2 is 2.25 bits per heavy atom. The molecular formula is C19H22N4O. The molecule has 0 bridgehead atoms. The summed E-state index contributed by atoms with van der Waals surface area (Å²) in [4.78, 5) is 16.4. The molecule has 1 spiro atoms. The molecule has 2 aliphatic heterocycles. The molecular weight excluding hydrogens is 300 g/mol. The molecule has 1 saturated heterocycles. The van der Waals surface area contributed by atoms with Gasteiger partial charge in [0.1, 0.15) is 0 Å². The van der Waals surface area contributed by atoms with Crippen molar-refractivity contribution in [2.45, 2.75) is 31.3 Å². The van der Waals surface area contributed by atoms with Crippen molar-refractivity contribution in [2.75, 3.05) is 26.2 Å². The summed E-state index contributed by atoms with van der Waals surface area (Å²) in [5.74, 6) is 1.71. The summed E-state index contributed by atoms with van der Waals surface area (Å²) in [6.45, 7) is 4.89. The highest BCUT2D eigenvalue weighted by atomic mass is 16.5. The fraction of sp³-hybridized carbons (Fsp3) is 0.526. The van der Waals surface area contributed by atoms with Crippen molar-refractivity contribution >= 4 is 0 Å². The zero-order valence-corrected chi connectivity index (χ0v) is 13.8. The molecule has 2 aromatic rings. The molecule has 5 nitrogen and oxygen atoms in total. The summed E-state index contributed by atoms with van der Waals surface area (Å²) in [6.07, 6.45) is 9.52. The van der Waals surface area contributed by atoms with Crippen molar-refractivity contribution < 1.29 is 4.74 Å². The number of hydrogen-bond acceptors (Lipinski definition) is 5. The van der Waals surface area contributed by atoms with Crippen LogP contribution >= 0.6 is 0 Å². The molecule has 0 radical (unpaired) electrons. The third-order valence-electron chi connectivity index (χ3n) is 5.57. The van der Waals surface area contributed by atoms with Crippen LogP contribution in [0.1, 0.15) is 30.5 Å². The number of nitrogens with zero attached hydrogens (tertiary/aromatic N) is 4. The molecule has 1 saturated carbocycles. The van der Waals surface area contributed by atoms with Gasteiger partial charge in [0.25, 0.3) is 0 Å². The van der Waals surface area contributed by atoms with Gasteiger partial charge >= 0.3 is 0 Å². The Hall–Kier alpha value is -1.85. The number of likely N-dealkylation sites (tertiary alicyclic amines) is 1. The van der Waals surface area contributed by atoms with Crippen molar-refractivity contribution in [2.24, 2.45) is 5.92 Å². The Kier molecular flexibility index (Phi) is 3.38. The fourth-order valence-corrected chi connectivity index (χ4v) is 4.12. The molecule has 1 aliphatic carbocycles. The first-order chi connectivity index (χ1) is 11.8. The van der Waals surface area contributed by atoms with Crippen LogP contribution in [0.3, 0.4) is 0 Å². The van der Waals surface area contributed by atoms with Crippen molar-refractivity contribution in [3.63, 3.8) is 0 Å². The van der Waals surface area contributed by atoms with Gasteiger partial charge in [0, 0.05) is 42.8 Å². The van der Waals surface area contributed by atoms with Gasteiger partial charge < -0.3 is 9.64 Å². The Morgan fingerprint density at radius 3 is 3.08 bits per heavy atom. The van der Waals surface area contributed by atoms with Gasteiger partial charge in [-0.2, -0.15) is 0 Å². The molecule has 3 aliphatic rings. The number of rotatable bonds is 3. The van der Waals surface area contributed by atoms with Crippen LogP contribution in [-0.4, -0.2) is 46.1 Å². The van der Waals surface area contributed by atoms with E-state index >= 15 is 0 Å². The van der Waals surface area contributed by atoms with E-state index in [1.165, 1.54) is 25.1 Å². The van der Waals surface area contributed by atoms with Crippen LogP contribution in [0.25, 0.3) is 11.4 Å². The molecule has 5 heteroatoms. The molecule has 24 heavy (non-hydrogen) atoms. The predicted molar refractivity (Wildman–Crippen MR) is 90.4 cm³/mol. The summed E-state index contributed by atoms with van der Waals surface area (Å²) in [7, 11) is 0. The van der Waals surface area contributed by atoms with Crippen LogP contribution in [0.2, 0.25) is 0 Å². The second-order valence-corrected chi connectivity index (χ2v) is 7.51. The van der Waals surface area contributed by atoms with Crippen molar-refractivity contribution in [3.8, 4) is 11.4 Å². The molecule has 2 aromatic heterocycles. The third-order valence-corrected chi connectivity index (χ3v) is 5.57. The first-order valence-electron chi connectivity index (χ1n) is 8.89. The van der Waals surface area contributed by atoms with Crippen LogP contribution in [0.5, 0.6) is 0 Å². The predicted octanol–water partition coefficient (Wildman–Crippen LogP) is 2.42. The Bertz CT molecular complexity index is 746. The van der Waals surface area contributed by atoms with E-state index in [-0.39, 0.29) is 5.41 Å². The number of ether oxygens (including phenoxy) is 1. The third kappa shape index (κ3) is 2.52. The van der Waals surface area contributed by atoms with E-state index in [2.05, 4.69) is 14.9 Å². The lowest BCUT2D eigenvalue weighted by molar-refractivity contribution is 0.0504. The van der Waals surface area contributed by atoms with Crippen molar-refractivity contribution in [1.29, 1.82) is 0 Å². The molecule has 0 N–H and O–H groups in total. The molecule has 1 atom stereocenters. The molecule has 0 amide bonds. The monoisotopic (exact) mass is 322 g/mol. The Morgan fingerprint density at radius 1 is 1.29 bits per heavy atom. The highest BCUT2D eigenvalue weighted by molar-refractivity contribution is 5.54. The molecule has 1 unspecified atom stereocenters. The minimum atomic E-state index is 0.0440. The van der Waals surface area contributed by atoms with Crippen LogP contribution in [0, 0.1) is 5.92 Å². The minimum Gasteiger partial charge on any atom is -0.376 e. The van der Waals surface area contributed by atoms with Crippen LogP contribution in [-0.2, 0) is 16.8 Å². The minimum absolute atomic E-state index is 0.0440. The van der Waals surface area contributed by atoms with E-state index in [4.69, 9.17) is 9.72 Å². The van der Waals surface area contributed by atoms with Gasteiger partial charge in [-0.25, -0.2) is 9.97 Å². The second kappa shape index (κ2) is 5.60. The van der Waals surface area contributed by atoms with E-state index < -0.39 is 0 Å². The lowest BCUT2D eigenvalue weighted by atomic mass is 9.80. The summed E-state index contributed by atoms with van der Waals surface area (Å²) in [5, 5.41) is 0. The van der Waals surface area contributed by atoms with Gasteiger partial charge in [-0.1, -0.05) is 0 Å². The molecule has 124 valence electrons. The molecule has 5 rings (SSSR count). The highest BCUT2D eigenvalue weighted by Gasteiger charge is 2.45. The quantitative estimate of drug-likeness (QED) is 0.868. The summed E-state index contributed by atoms with van der Waals surface area (Å²) in [6, 6.07) is 3.96. The van der Waals surface area contributed by atoms with Gasteiger partial charge in [0.2, 0.25) is 0 Å². The van der Waals surface area contributed by atoms with E-state index in [0.29, 0.717) is 6.61 Å². The first-order valence-corrected chi connectivity index (χ1v) is 8.89. The lowest BCUT2D eigenvalue weighted by Crippen LogP contribution is -2.40. The number of hydrogen-bond donors (Lipinski definition) is 0. The van der Waals surface area contributed by atoms with Crippen LogP contribution in [0.4, 0.5) is 0 Å². The number of aromatic nitrogens is 3. The molecule has 2 fully saturated rings. The average molecular weight is 322 g/mol. The zero-order chi connectivity index (χ0) is 16.0. The summed E-state index contributed by atoms with van der Waals surface area (Å²) >= 11 is 0. The highest BCUT2D eigenvalue weighted by Crippen LogP contribution is 2.41. The fourth-order valence-electron chi connectivity index (χ4n) is 4.12. The second-order valence-electron chi connectivity index (χ2n) is 7.51. The summed E-state index contributed by atoms with van der Waals surface area (Å²) < 4.78 is 5.93. The Labute approximate surface area is 142 Å². The largest absolute Gasteiger partial charge is 0.376 e. The maximum Gasteiger partial charge on any atom is 0.160 e. The molecule has 4 heterocycles. The zero-order valence-electron chi connectivity index (χ0n) is 13.8. The van der Waals surface area contributed by atoms with Gasteiger partial charge in [0.15, 0.2) is 5.82 Å². The van der Waals surface area contributed by atoms with Gasteiger partial charge in [-0.15, -0.1) is 0 Å². The standard InChI is InChI=1S/C19H22N4O/c1-2-15(8-20-6-1)18-21-9-16-11-24-13-19(17(16)22-18)5-7-23(12-19)10-14-3-4-14/h1-2,6,8-9,14H,3-5,7,10-13H2. The van der Waals surface area contributed by atoms with Gasteiger partial charge in [0.05, 0.1) is 24.3 Å². The SMILES string of the molecule is c1cncc(-c2ncc3c(n2)C2(CCN(CC4CC4)C2)COC3)c1. The van der Waals surface area contributed by atoms with Crippen LogP contribution in [0.15, 0.2) is 30.7 Å². The maximum atomic E-state index is 5.93. The lowest BCUT2D eigenvalue weighted by Gasteiger charge is -2.34. The summed E-state index contributed by atoms with van der Waals surface area (Å²) in [5.41, 5.74) is 3.39. The number of fused-ring (bicyclic) bond motifs is 2.